The van der Waals surface area contributed by atoms with E-state index in [0.29, 0.717) is 28.5 Å². The Labute approximate surface area is 158 Å². The quantitative estimate of drug-likeness (QED) is 0.521. The van der Waals surface area contributed by atoms with Gasteiger partial charge in [0.25, 0.3) is 0 Å². The van der Waals surface area contributed by atoms with Crippen LogP contribution in [-0.4, -0.2) is 18.4 Å². The van der Waals surface area contributed by atoms with Crippen molar-refractivity contribution in [2.24, 2.45) is 0 Å². The standard InChI is InChI=1S/C21H21ClO4/c1-3-25-19-9-4-15(14(2)23)12-16(19)13-26-20(24)21(10-11-21)17-5-7-18(22)8-6-17/h4-9,12H,3,10-11,13H2,1-2H3. The van der Waals surface area contributed by atoms with Crippen LogP contribution >= 0.6 is 11.6 Å². The van der Waals surface area contributed by atoms with Gasteiger partial charge in [0.05, 0.1) is 12.0 Å². The second-order valence-corrected chi connectivity index (χ2v) is 6.91. The number of benzene rings is 2. The summed E-state index contributed by atoms with van der Waals surface area (Å²) < 4.78 is 11.2. The Balaban J connectivity index is 1.76. The van der Waals surface area contributed by atoms with Crippen molar-refractivity contribution in [3.05, 3.63) is 64.2 Å². The first-order valence-corrected chi connectivity index (χ1v) is 9.04. The van der Waals surface area contributed by atoms with Gasteiger partial charge in [0.1, 0.15) is 12.4 Å². The van der Waals surface area contributed by atoms with Crippen molar-refractivity contribution >= 4 is 23.4 Å². The Morgan fingerprint density at radius 2 is 1.81 bits per heavy atom. The third-order valence-corrected chi connectivity index (χ3v) is 4.92. The number of hydrogen-bond donors (Lipinski definition) is 0. The van der Waals surface area contributed by atoms with Gasteiger partial charge >= 0.3 is 5.97 Å². The van der Waals surface area contributed by atoms with E-state index < -0.39 is 5.41 Å². The van der Waals surface area contributed by atoms with E-state index in [0.717, 1.165) is 18.4 Å². The summed E-state index contributed by atoms with van der Waals surface area (Å²) in [5.41, 5.74) is 1.61. The third kappa shape index (κ3) is 3.75. The fraction of sp³-hybridized carbons (Fsp3) is 0.333. The molecule has 2 aromatic rings. The number of halogens is 1. The first-order chi connectivity index (χ1) is 12.5. The van der Waals surface area contributed by atoms with E-state index in [1.807, 2.05) is 19.1 Å². The predicted molar refractivity (Wildman–Crippen MR) is 99.8 cm³/mol. The molecular formula is C21H21ClO4. The lowest BCUT2D eigenvalue weighted by Crippen LogP contribution is -2.23. The Morgan fingerprint density at radius 1 is 1.12 bits per heavy atom. The molecule has 2 aromatic carbocycles. The van der Waals surface area contributed by atoms with E-state index in [2.05, 4.69) is 0 Å². The maximum atomic E-state index is 12.7. The van der Waals surface area contributed by atoms with Crippen LogP contribution in [0.25, 0.3) is 0 Å². The van der Waals surface area contributed by atoms with Crippen LogP contribution in [-0.2, 0) is 21.6 Å². The molecule has 0 saturated heterocycles. The average molecular weight is 373 g/mol. The van der Waals surface area contributed by atoms with E-state index in [4.69, 9.17) is 21.1 Å². The zero-order valence-electron chi connectivity index (χ0n) is 14.9. The second kappa shape index (κ2) is 7.50. The van der Waals surface area contributed by atoms with Crippen LogP contribution < -0.4 is 4.74 Å². The molecule has 0 aliphatic heterocycles. The lowest BCUT2D eigenvalue weighted by Gasteiger charge is -2.17. The minimum absolute atomic E-state index is 0.0412. The molecule has 4 nitrogen and oxygen atoms in total. The molecule has 1 aliphatic rings. The van der Waals surface area contributed by atoms with Crippen LogP contribution in [0, 0.1) is 0 Å². The summed E-state index contributed by atoms with van der Waals surface area (Å²) in [6.45, 7) is 3.96. The number of rotatable bonds is 7. The van der Waals surface area contributed by atoms with Crippen molar-refractivity contribution in [2.75, 3.05) is 6.61 Å². The van der Waals surface area contributed by atoms with Gasteiger partial charge in [-0.05, 0) is 62.6 Å². The molecule has 0 amide bonds. The molecule has 1 aliphatic carbocycles. The molecule has 26 heavy (non-hydrogen) atoms. The number of hydrogen-bond acceptors (Lipinski definition) is 4. The highest BCUT2D eigenvalue weighted by atomic mass is 35.5. The highest BCUT2D eigenvalue weighted by Crippen LogP contribution is 2.49. The third-order valence-electron chi connectivity index (χ3n) is 4.66. The summed E-state index contributed by atoms with van der Waals surface area (Å²) in [6.07, 6.45) is 1.53. The van der Waals surface area contributed by atoms with Crippen molar-refractivity contribution in [1.29, 1.82) is 0 Å². The van der Waals surface area contributed by atoms with Gasteiger partial charge in [0, 0.05) is 16.1 Å². The molecule has 0 unspecified atom stereocenters. The molecule has 0 aromatic heterocycles. The SMILES string of the molecule is CCOc1ccc(C(C)=O)cc1COC(=O)C1(c2ccc(Cl)cc2)CC1. The summed E-state index contributed by atoms with van der Waals surface area (Å²) in [4.78, 5) is 24.3. The van der Waals surface area contributed by atoms with Crippen molar-refractivity contribution < 1.29 is 19.1 Å². The zero-order valence-corrected chi connectivity index (χ0v) is 15.6. The maximum absolute atomic E-state index is 12.7. The lowest BCUT2D eigenvalue weighted by molar-refractivity contribution is -0.148. The number of ether oxygens (including phenoxy) is 2. The molecule has 1 fully saturated rings. The Bertz CT molecular complexity index is 822. The van der Waals surface area contributed by atoms with Crippen molar-refractivity contribution in [2.45, 2.75) is 38.7 Å². The fourth-order valence-corrected chi connectivity index (χ4v) is 3.12. The van der Waals surface area contributed by atoms with Crippen LogP contribution in [0.15, 0.2) is 42.5 Å². The van der Waals surface area contributed by atoms with Crippen molar-refractivity contribution in [1.82, 2.24) is 0 Å². The second-order valence-electron chi connectivity index (χ2n) is 6.48. The molecule has 3 rings (SSSR count). The van der Waals surface area contributed by atoms with E-state index >= 15 is 0 Å². The minimum Gasteiger partial charge on any atom is -0.493 e. The number of esters is 1. The average Bonchev–Trinajstić information content (AvgIpc) is 3.43. The monoisotopic (exact) mass is 372 g/mol. The number of Topliss-reactive ketones (excluding diaryl/α,β-unsaturated/α-hetero) is 1. The van der Waals surface area contributed by atoms with E-state index in [9.17, 15) is 9.59 Å². The normalized spacial score (nSPS) is 14.6. The Kier molecular flexibility index (Phi) is 5.33. The smallest absolute Gasteiger partial charge is 0.316 e. The first-order valence-electron chi connectivity index (χ1n) is 8.66. The number of carbonyl (C=O) groups excluding carboxylic acids is 2. The van der Waals surface area contributed by atoms with Gasteiger partial charge in [0.2, 0.25) is 0 Å². The van der Waals surface area contributed by atoms with Gasteiger partial charge in [-0.25, -0.2) is 0 Å². The van der Waals surface area contributed by atoms with Gasteiger partial charge in [-0.3, -0.25) is 9.59 Å². The molecule has 0 spiro atoms. The van der Waals surface area contributed by atoms with Crippen molar-refractivity contribution in [3.63, 3.8) is 0 Å². The summed E-state index contributed by atoms with van der Waals surface area (Å²) in [7, 11) is 0. The Morgan fingerprint density at radius 3 is 2.38 bits per heavy atom. The van der Waals surface area contributed by atoms with Crippen LogP contribution in [0.1, 0.15) is 48.2 Å². The minimum atomic E-state index is -0.575. The predicted octanol–water partition coefficient (Wildman–Crippen LogP) is 4.72. The summed E-state index contributed by atoms with van der Waals surface area (Å²) >= 11 is 5.93. The summed E-state index contributed by atoms with van der Waals surface area (Å²) in [5, 5.41) is 0.639. The molecule has 0 N–H and O–H groups in total. The lowest BCUT2D eigenvalue weighted by atomic mass is 9.96. The molecule has 0 radical (unpaired) electrons. The topological polar surface area (TPSA) is 52.6 Å². The van der Waals surface area contributed by atoms with Crippen LogP contribution in [0.3, 0.4) is 0 Å². The van der Waals surface area contributed by atoms with E-state index in [1.54, 1.807) is 30.3 Å². The van der Waals surface area contributed by atoms with Gasteiger partial charge in [-0.2, -0.15) is 0 Å². The van der Waals surface area contributed by atoms with Crippen molar-refractivity contribution in [3.8, 4) is 5.75 Å². The molecule has 136 valence electrons. The zero-order chi connectivity index (χ0) is 18.7. The largest absolute Gasteiger partial charge is 0.493 e. The molecular weight excluding hydrogens is 352 g/mol. The van der Waals surface area contributed by atoms with E-state index in [1.165, 1.54) is 6.92 Å². The highest BCUT2D eigenvalue weighted by molar-refractivity contribution is 6.30. The van der Waals surface area contributed by atoms with Gasteiger partial charge < -0.3 is 9.47 Å². The summed E-state index contributed by atoms with van der Waals surface area (Å²) in [6, 6.07) is 12.5. The van der Waals surface area contributed by atoms with Crippen LogP contribution in [0.2, 0.25) is 5.02 Å². The van der Waals surface area contributed by atoms with Gasteiger partial charge in [-0.15, -0.1) is 0 Å². The number of carbonyl (C=O) groups is 2. The number of ketones is 1. The summed E-state index contributed by atoms with van der Waals surface area (Å²) in [5.74, 6) is 0.331. The molecule has 0 bridgehead atoms. The fourth-order valence-electron chi connectivity index (χ4n) is 2.99. The molecule has 5 heteroatoms. The van der Waals surface area contributed by atoms with Crippen LogP contribution in [0.4, 0.5) is 0 Å². The van der Waals surface area contributed by atoms with E-state index in [-0.39, 0.29) is 18.4 Å². The Hall–Kier alpha value is -2.33. The molecule has 1 saturated carbocycles. The highest BCUT2D eigenvalue weighted by Gasteiger charge is 2.52. The molecule has 0 atom stereocenters. The van der Waals surface area contributed by atoms with Crippen LogP contribution in [0.5, 0.6) is 5.75 Å². The first kappa shape index (κ1) is 18.5. The van der Waals surface area contributed by atoms with Gasteiger partial charge in [-0.1, -0.05) is 23.7 Å². The maximum Gasteiger partial charge on any atom is 0.316 e. The molecule has 0 heterocycles. The van der Waals surface area contributed by atoms with Gasteiger partial charge in [0.15, 0.2) is 5.78 Å².